The monoisotopic (exact) mass is 464 g/mol. The molecule has 0 saturated carbocycles. The van der Waals surface area contributed by atoms with Gasteiger partial charge < -0.3 is 20.0 Å². The molecule has 3 aliphatic heterocycles. The largest absolute Gasteiger partial charge is 0.497 e. The highest BCUT2D eigenvalue weighted by Gasteiger charge is 2.44. The highest BCUT2D eigenvalue weighted by atomic mass is 32.2. The summed E-state index contributed by atoms with van der Waals surface area (Å²) in [5.74, 6) is 1.12. The number of benzene rings is 2. The number of hydrogen-bond donors (Lipinski definition) is 3. The first-order valence-corrected chi connectivity index (χ1v) is 12.0. The van der Waals surface area contributed by atoms with Gasteiger partial charge in [-0.05, 0) is 55.2 Å². The lowest BCUT2D eigenvalue weighted by Gasteiger charge is -2.36. The molecule has 172 valence electrons. The first-order chi connectivity index (χ1) is 16.0. The number of hydrazone groups is 1. The van der Waals surface area contributed by atoms with Gasteiger partial charge in [0.1, 0.15) is 11.9 Å². The van der Waals surface area contributed by atoms with E-state index >= 15 is 0 Å². The Balaban J connectivity index is 1.18. The first kappa shape index (κ1) is 21.7. The SMILES string of the molecule is COc1ccc(C2CC3C4NN=C(SCC(=O)Nc5cc(C)ccc5C)N4C=CN3N2)cc1. The Bertz CT molecular complexity index is 1100. The van der Waals surface area contributed by atoms with Crippen LogP contribution in [0, 0.1) is 13.8 Å². The number of nitrogens with zero attached hydrogens (tertiary/aromatic N) is 3. The van der Waals surface area contributed by atoms with Crippen molar-refractivity contribution in [3.8, 4) is 5.75 Å². The van der Waals surface area contributed by atoms with Crippen LogP contribution in [-0.2, 0) is 4.79 Å². The van der Waals surface area contributed by atoms with E-state index in [1.807, 2.05) is 56.6 Å². The summed E-state index contributed by atoms with van der Waals surface area (Å²) in [6, 6.07) is 14.7. The zero-order chi connectivity index (χ0) is 22.9. The fourth-order valence-electron chi connectivity index (χ4n) is 4.39. The number of ether oxygens (including phenoxy) is 1. The third-order valence-corrected chi connectivity index (χ3v) is 7.19. The molecule has 5 rings (SSSR count). The van der Waals surface area contributed by atoms with Gasteiger partial charge in [-0.15, -0.1) is 0 Å². The minimum absolute atomic E-state index is 0.0235. The molecule has 3 unspecified atom stereocenters. The summed E-state index contributed by atoms with van der Waals surface area (Å²) in [6.45, 7) is 4.02. The fourth-order valence-corrected chi connectivity index (χ4v) is 5.16. The zero-order valence-electron chi connectivity index (χ0n) is 18.9. The molecule has 1 fully saturated rings. The number of anilines is 1. The molecule has 3 heterocycles. The van der Waals surface area contributed by atoms with Gasteiger partial charge in [0, 0.05) is 18.1 Å². The summed E-state index contributed by atoms with van der Waals surface area (Å²) in [5.41, 5.74) is 11.1. The first-order valence-electron chi connectivity index (χ1n) is 11.0. The second-order valence-electron chi connectivity index (χ2n) is 8.49. The molecule has 1 amide bonds. The Kier molecular flexibility index (Phi) is 5.90. The Hall–Kier alpha value is -3.17. The van der Waals surface area contributed by atoms with Crippen molar-refractivity contribution in [1.29, 1.82) is 0 Å². The standard InChI is InChI=1S/C24H28N6O2S/c1-15-4-5-16(2)19(12-15)25-22(31)14-33-24-27-26-23-21-13-20(28-30(21)11-10-29(23)24)17-6-8-18(32-3)9-7-17/h4-12,20-21,23,26,28H,13-14H2,1-3H3,(H,25,31). The maximum absolute atomic E-state index is 12.5. The van der Waals surface area contributed by atoms with E-state index in [-0.39, 0.29) is 24.2 Å². The molecule has 33 heavy (non-hydrogen) atoms. The summed E-state index contributed by atoms with van der Waals surface area (Å²) in [5, 5.41) is 10.5. The number of fused-ring (bicyclic) bond motifs is 3. The van der Waals surface area contributed by atoms with Gasteiger partial charge in [-0.3, -0.25) is 10.2 Å². The van der Waals surface area contributed by atoms with Crippen molar-refractivity contribution in [2.75, 3.05) is 18.2 Å². The number of hydrogen-bond acceptors (Lipinski definition) is 8. The molecule has 0 aromatic heterocycles. The number of carbonyl (C=O) groups is 1. The van der Waals surface area contributed by atoms with E-state index in [1.54, 1.807) is 7.11 Å². The maximum atomic E-state index is 12.5. The normalized spacial score (nSPS) is 23.0. The summed E-state index contributed by atoms with van der Waals surface area (Å²) < 4.78 is 5.27. The van der Waals surface area contributed by atoms with Gasteiger partial charge in [0.2, 0.25) is 5.91 Å². The molecule has 8 nitrogen and oxygen atoms in total. The zero-order valence-corrected chi connectivity index (χ0v) is 19.7. The number of amides is 1. The van der Waals surface area contributed by atoms with E-state index in [4.69, 9.17) is 4.74 Å². The average molecular weight is 465 g/mol. The number of rotatable bonds is 5. The van der Waals surface area contributed by atoms with Crippen molar-refractivity contribution in [2.45, 2.75) is 38.5 Å². The van der Waals surface area contributed by atoms with E-state index in [0.717, 1.165) is 34.2 Å². The topological polar surface area (TPSA) is 81.2 Å². The minimum atomic E-state index is -0.0374. The molecule has 0 spiro atoms. The van der Waals surface area contributed by atoms with Crippen LogP contribution in [0.15, 0.2) is 60.0 Å². The second kappa shape index (κ2) is 8.99. The van der Waals surface area contributed by atoms with Crippen LogP contribution in [0.2, 0.25) is 0 Å². The average Bonchev–Trinajstić information content (AvgIpc) is 3.44. The molecule has 0 radical (unpaired) electrons. The van der Waals surface area contributed by atoms with Gasteiger partial charge in [-0.1, -0.05) is 36.0 Å². The van der Waals surface area contributed by atoms with Crippen LogP contribution >= 0.6 is 11.8 Å². The number of thioether (sulfide) groups is 1. The van der Waals surface area contributed by atoms with E-state index in [2.05, 4.69) is 43.3 Å². The molecular weight excluding hydrogens is 436 g/mol. The predicted octanol–water partition coefficient (Wildman–Crippen LogP) is 3.29. The number of nitrogens with one attached hydrogen (secondary N) is 3. The van der Waals surface area contributed by atoms with E-state index < -0.39 is 0 Å². The van der Waals surface area contributed by atoms with E-state index in [0.29, 0.717) is 5.75 Å². The number of aryl methyl sites for hydroxylation is 2. The summed E-state index contributed by atoms with van der Waals surface area (Å²) in [6.07, 6.45) is 5.02. The molecule has 2 aromatic carbocycles. The van der Waals surface area contributed by atoms with E-state index in [1.165, 1.54) is 17.3 Å². The lowest BCUT2D eigenvalue weighted by molar-refractivity contribution is -0.113. The number of hydrazine groups is 1. The smallest absolute Gasteiger partial charge is 0.234 e. The van der Waals surface area contributed by atoms with Crippen LogP contribution in [0.4, 0.5) is 5.69 Å². The number of amidine groups is 1. The third kappa shape index (κ3) is 4.38. The van der Waals surface area contributed by atoms with E-state index in [9.17, 15) is 4.79 Å². The Morgan fingerprint density at radius 1 is 1.21 bits per heavy atom. The molecule has 9 heteroatoms. The van der Waals surface area contributed by atoms with Gasteiger partial charge in [-0.25, -0.2) is 5.43 Å². The quantitative estimate of drug-likeness (QED) is 0.627. The summed E-state index contributed by atoms with van der Waals surface area (Å²) in [7, 11) is 1.68. The van der Waals surface area contributed by atoms with Crippen molar-refractivity contribution in [1.82, 2.24) is 20.8 Å². The molecule has 3 atom stereocenters. The van der Waals surface area contributed by atoms with Crippen molar-refractivity contribution in [3.05, 3.63) is 71.6 Å². The second-order valence-corrected chi connectivity index (χ2v) is 9.44. The molecule has 3 aliphatic rings. The Morgan fingerprint density at radius 2 is 2.03 bits per heavy atom. The maximum Gasteiger partial charge on any atom is 0.234 e. The Morgan fingerprint density at radius 3 is 2.82 bits per heavy atom. The summed E-state index contributed by atoms with van der Waals surface area (Å²) >= 11 is 1.44. The van der Waals surface area contributed by atoms with Crippen LogP contribution < -0.4 is 20.9 Å². The molecule has 0 bridgehead atoms. The summed E-state index contributed by atoms with van der Waals surface area (Å²) in [4.78, 5) is 14.7. The number of methoxy groups -OCH3 is 1. The van der Waals surface area contributed by atoms with Gasteiger partial charge in [-0.2, -0.15) is 5.10 Å². The van der Waals surface area contributed by atoms with Crippen molar-refractivity contribution in [2.24, 2.45) is 5.10 Å². The Labute approximate surface area is 198 Å². The molecule has 1 saturated heterocycles. The fraction of sp³-hybridized carbons (Fsp3) is 0.333. The van der Waals surface area contributed by atoms with Gasteiger partial charge >= 0.3 is 0 Å². The third-order valence-electron chi connectivity index (χ3n) is 6.22. The van der Waals surface area contributed by atoms with Crippen LogP contribution in [0.1, 0.15) is 29.2 Å². The lowest BCUT2D eigenvalue weighted by atomic mass is 10.00. The lowest BCUT2D eigenvalue weighted by Crippen LogP contribution is -2.54. The van der Waals surface area contributed by atoms with Crippen LogP contribution in [0.25, 0.3) is 0 Å². The highest BCUT2D eigenvalue weighted by molar-refractivity contribution is 8.14. The van der Waals surface area contributed by atoms with Gasteiger partial charge in [0.25, 0.3) is 0 Å². The van der Waals surface area contributed by atoms with Gasteiger partial charge in [0.15, 0.2) is 5.17 Å². The van der Waals surface area contributed by atoms with Crippen LogP contribution in [0.5, 0.6) is 5.75 Å². The predicted molar refractivity (Wildman–Crippen MR) is 131 cm³/mol. The van der Waals surface area contributed by atoms with Crippen LogP contribution in [-0.4, -0.2) is 46.1 Å². The minimum Gasteiger partial charge on any atom is -0.497 e. The molecule has 3 N–H and O–H groups in total. The molecular formula is C24H28N6O2S. The van der Waals surface area contributed by atoms with Crippen LogP contribution in [0.3, 0.4) is 0 Å². The van der Waals surface area contributed by atoms with Crippen molar-refractivity contribution in [3.63, 3.8) is 0 Å². The van der Waals surface area contributed by atoms with Crippen molar-refractivity contribution >= 4 is 28.5 Å². The van der Waals surface area contributed by atoms with Gasteiger partial charge in [0.05, 0.1) is 24.9 Å². The highest BCUT2D eigenvalue weighted by Crippen LogP contribution is 2.35. The molecule has 2 aromatic rings. The van der Waals surface area contributed by atoms with Crippen molar-refractivity contribution < 1.29 is 9.53 Å². The number of carbonyl (C=O) groups excluding carboxylic acids is 1. The molecule has 0 aliphatic carbocycles.